The van der Waals surface area contributed by atoms with Gasteiger partial charge in [-0.05, 0) is 25.2 Å². The van der Waals surface area contributed by atoms with Crippen LogP contribution in [0.25, 0.3) is 0 Å². The molecule has 2 nitrogen and oxygen atoms in total. The first-order valence-corrected chi connectivity index (χ1v) is 6.54. The van der Waals surface area contributed by atoms with Crippen LogP contribution in [0.15, 0.2) is 11.4 Å². The smallest absolute Gasteiger partial charge is 0.0356 e. The van der Waals surface area contributed by atoms with E-state index in [1.165, 1.54) is 11.7 Å². The summed E-state index contributed by atoms with van der Waals surface area (Å²) in [4.78, 5) is 2.45. The summed E-state index contributed by atoms with van der Waals surface area (Å²) in [5.74, 6) is 0. The average Bonchev–Trinajstić information content (AvgIpc) is 2.46. The molecule has 3 atom stereocenters. The van der Waals surface area contributed by atoms with Crippen molar-refractivity contribution in [3.05, 3.63) is 11.4 Å². The zero-order chi connectivity index (χ0) is 11.4. The van der Waals surface area contributed by atoms with Crippen LogP contribution in [0.4, 0.5) is 0 Å². The minimum atomic E-state index is 0.588. The summed E-state index contributed by atoms with van der Waals surface area (Å²) in [5, 5.41) is 5.07. The second kappa shape index (κ2) is 5.98. The molecule has 0 bridgehead atoms. The molecule has 0 amide bonds. The third kappa shape index (κ3) is 3.86. The second-order valence-corrected chi connectivity index (χ2v) is 5.49. The molecule has 3 unspecified atom stereocenters. The van der Waals surface area contributed by atoms with E-state index in [2.05, 4.69) is 53.4 Å². The number of hydrogen-bond acceptors (Lipinski definition) is 2. The van der Waals surface area contributed by atoms with Crippen LogP contribution in [0.2, 0.25) is 0 Å². The Hall–Kier alpha value is 0.0900. The van der Waals surface area contributed by atoms with E-state index in [0.717, 1.165) is 13.0 Å². The Balaban J connectivity index is 2.52. The molecule has 1 aliphatic rings. The van der Waals surface area contributed by atoms with Crippen LogP contribution in [0.5, 0.6) is 0 Å². The quantitative estimate of drug-likeness (QED) is 0.742. The molecule has 1 aliphatic heterocycles. The first-order chi connectivity index (χ1) is 7.04. The molecule has 1 heterocycles. The lowest BCUT2D eigenvalue weighted by molar-refractivity contribution is 0.344. The number of hydrogen-bond donors (Lipinski definition) is 1. The molecule has 88 valence electrons. The van der Waals surface area contributed by atoms with Crippen molar-refractivity contribution in [3.63, 3.8) is 0 Å². The molecule has 0 aliphatic carbocycles. The van der Waals surface area contributed by atoms with Gasteiger partial charge in [-0.25, -0.2) is 0 Å². The zero-order valence-corrected chi connectivity index (χ0v) is 11.6. The topological polar surface area (TPSA) is 15.3 Å². The van der Waals surface area contributed by atoms with E-state index < -0.39 is 0 Å². The summed E-state index contributed by atoms with van der Waals surface area (Å²) in [6.07, 6.45) is 4.69. The van der Waals surface area contributed by atoms with Gasteiger partial charge >= 0.3 is 0 Å². The molecule has 3 heteroatoms. The maximum atomic E-state index is 3.62. The molecule has 0 aromatic rings. The lowest BCUT2D eigenvalue weighted by atomic mass is 10.1. The maximum absolute atomic E-state index is 3.62. The molecule has 1 fully saturated rings. The summed E-state index contributed by atoms with van der Waals surface area (Å²) in [5.41, 5.74) is 0. The standard InChI is InChI=1S/C12H25N2P/c1-5-6-12(15)11-7-10(8-14(11)4)13-9(2)3/h6,9-11,13H,5,7-8,15H2,1-4H3/b12-6-. The first-order valence-electron chi connectivity index (χ1n) is 5.96. The molecule has 1 N–H and O–H groups in total. The highest BCUT2D eigenvalue weighted by atomic mass is 31.0. The molecule has 15 heavy (non-hydrogen) atoms. The third-order valence-corrected chi connectivity index (χ3v) is 3.56. The van der Waals surface area contributed by atoms with Crippen LogP contribution in [0.3, 0.4) is 0 Å². The average molecular weight is 228 g/mol. The monoisotopic (exact) mass is 228 g/mol. The highest BCUT2D eigenvalue weighted by Gasteiger charge is 2.30. The van der Waals surface area contributed by atoms with Crippen LogP contribution in [-0.4, -0.2) is 36.6 Å². The Morgan fingerprint density at radius 1 is 1.60 bits per heavy atom. The van der Waals surface area contributed by atoms with E-state index in [-0.39, 0.29) is 0 Å². The van der Waals surface area contributed by atoms with Crippen molar-refractivity contribution in [3.8, 4) is 0 Å². The summed E-state index contributed by atoms with van der Waals surface area (Å²) >= 11 is 0. The van der Waals surface area contributed by atoms with E-state index in [0.29, 0.717) is 18.1 Å². The van der Waals surface area contributed by atoms with Crippen LogP contribution in [0, 0.1) is 0 Å². The Kier molecular flexibility index (Phi) is 5.25. The SMILES string of the molecule is CC/C=C(\P)C1CC(NC(C)C)CN1C. The normalized spacial score (nSPS) is 29.1. The van der Waals surface area contributed by atoms with Gasteiger partial charge in [-0.1, -0.05) is 26.8 Å². The number of likely N-dealkylation sites (N-methyl/N-ethyl adjacent to an activating group) is 1. The van der Waals surface area contributed by atoms with Gasteiger partial charge in [0.15, 0.2) is 0 Å². The zero-order valence-electron chi connectivity index (χ0n) is 10.5. The number of nitrogens with one attached hydrogen (secondary N) is 1. The van der Waals surface area contributed by atoms with E-state index in [1.807, 2.05) is 0 Å². The van der Waals surface area contributed by atoms with Gasteiger partial charge in [0, 0.05) is 24.7 Å². The summed E-state index contributed by atoms with van der Waals surface area (Å²) in [7, 11) is 5.12. The molecule has 0 aromatic heterocycles. The van der Waals surface area contributed by atoms with Crippen LogP contribution in [0.1, 0.15) is 33.6 Å². The van der Waals surface area contributed by atoms with Gasteiger partial charge in [0.25, 0.3) is 0 Å². The van der Waals surface area contributed by atoms with Crippen LogP contribution in [-0.2, 0) is 0 Å². The van der Waals surface area contributed by atoms with Gasteiger partial charge in [-0.15, -0.1) is 9.24 Å². The third-order valence-electron chi connectivity index (χ3n) is 2.94. The van der Waals surface area contributed by atoms with Gasteiger partial charge in [0.2, 0.25) is 0 Å². The lowest BCUT2D eigenvalue weighted by Gasteiger charge is -2.19. The highest BCUT2D eigenvalue weighted by molar-refractivity contribution is 7.22. The van der Waals surface area contributed by atoms with Crippen LogP contribution < -0.4 is 5.32 Å². The van der Waals surface area contributed by atoms with E-state index >= 15 is 0 Å². The molecule has 1 saturated heterocycles. The van der Waals surface area contributed by atoms with Crippen molar-refractivity contribution in [2.45, 2.75) is 51.7 Å². The molecular formula is C12H25N2P. The Morgan fingerprint density at radius 2 is 2.27 bits per heavy atom. The van der Waals surface area contributed by atoms with E-state index in [9.17, 15) is 0 Å². The summed E-state index contributed by atoms with van der Waals surface area (Å²) in [6, 6.07) is 1.86. The van der Waals surface area contributed by atoms with Crippen molar-refractivity contribution in [1.82, 2.24) is 10.2 Å². The van der Waals surface area contributed by atoms with Crippen molar-refractivity contribution in [1.29, 1.82) is 0 Å². The minimum Gasteiger partial charge on any atom is -0.310 e. The molecule has 0 radical (unpaired) electrons. The number of nitrogens with zero attached hydrogens (tertiary/aromatic N) is 1. The fourth-order valence-electron chi connectivity index (χ4n) is 2.35. The number of rotatable bonds is 4. The Morgan fingerprint density at radius 3 is 2.80 bits per heavy atom. The predicted octanol–water partition coefficient (Wildman–Crippen LogP) is 2.23. The molecule has 0 saturated carbocycles. The first kappa shape index (κ1) is 13.2. The fraction of sp³-hybridized carbons (Fsp3) is 0.833. The van der Waals surface area contributed by atoms with Gasteiger partial charge in [-0.2, -0.15) is 0 Å². The summed E-state index contributed by atoms with van der Waals surface area (Å²) < 4.78 is 0. The highest BCUT2D eigenvalue weighted by Crippen LogP contribution is 2.26. The number of likely N-dealkylation sites (tertiary alicyclic amines) is 1. The Labute approximate surface area is 96.7 Å². The lowest BCUT2D eigenvalue weighted by Crippen LogP contribution is -2.36. The van der Waals surface area contributed by atoms with Gasteiger partial charge in [0.05, 0.1) is 0 Å². The molecule has 1 rings (SSSR count). The predicted molar refractivity (Wildman–Crippen MR) is 71.2 cm³/mol. The summed E-state index contributed by atoms with van der Waals surface area (Å²) in [6.45, 7) is 7.80. The van der Waals surface area contributed by atoms with E-state index in [1.54, 1.807) is 0 Å². The van der Waals surface area contributed by atoms with Gasteiger partial charge in [-0.3, -0.25) is 4.90 Å². The number of allylic oxidation sites excluding steroid dienone is 1. The van der Waals surface area contributed by atoms with Crippen molar-refractivity contribution < 1.29 is 0 Å². The van der Waals surface area contributed by atoms with Crippen LogP contribution >= 0.6 is 9.24 Å². The fourth-order valence-corrected chi connectivity index (χ4v) is 2.98. The molecule has 0 aromatic carbocycles. The largest absolute Gasteiger partial charge is 0.310 e. The molecular weight excluding hydrogens is 203 g/mol. The minimum absolute atomic E-state index is 0.588. The van der Waals surface area contributed by atoms with Crippen molar-refractivity contribution >= 4 is 9.24 Å². The van der Waals surface area contributed by atoms with Gasteiger partial charge in [0.1, 0.15) is 0 Å². The Bertz CT molecular complexity index is 226. The van der Waals surface area contributed by atoms with Gasteiger partial charge < -0.3 is 5.32 Å². The maximum Gasteiger partial charge on any atom is 0.0356 e. The molecule has 0 spiro atoms. The van der Waals surface area contributed by atoms with Crippen molar-refractivity contribution in [2.75, 3.05) is 13.6 Å². The second-order valence-electron chi connectivity index (χ2n) is 4.82. The van der Waals surface area contributed by atoms with E-state index in [4.69, 9.17) is 0 Å². The van der Waals surface area contributed by atoms with Crippen molar-refractivity contribution in [2.24, 2.45) is 0 Å².